The fourth-order valence-corrected chi connectivity index (χ4v) is 2.30. The first-order chi connectivity index (χ1) is 10.2. The van der Waals surface area contributed by atoms with Crippen LogP contribution < -0.4 is 10.6 Å². The number of anilines is 2. The molecular formula is C16H17N3O2. The van der Waals surface area contributed by atoms with Gasteiger partial charge in [0.15, 0.2) is 5.58 Å². The lowest BCUT2D eigenvalue weighted by atomic mass is 10.2. The van der Waals surface area contributed by atoms with Gasteiger partial charge in [-0.05, 0) is 31.2 Å². The second-order valence-electron chi connectivity index (χ2n) is 4.87. The van der Waals surface area contributed by atoms with Gasteiger partial charge in [-0.2, -0.15) is 0 Å². The Bertz CT molecular complexity index is 767. The SMILES string of the molecule is CCN(Cc1nc2ccc(N)cc2o1)c1cccc(O)c1. The van der Waals surface area contributed by atoms with Gasteiger partial charge in [0.2, 0.25) is 5.89 Å². The average molecular weight is 283 g/mol. The van der Waals surface area contributed by atoms with Crippen LogP contribution in [0.2, 0.25) is 0 Å². The molecule has 0 aliphatic carbocycles. The number of aromatic hydroxyl groups is 1. The zero-order valence-corrected chi connectivity index (χ0v) is 11.8. The highest BCUT2D eigenvalue weighted by Gasteiger charge is 2.11. The van der Waals surface area contributed by atoms with Crippen LogP contribution in [-0.2, 0) is 6.54 Å². The van der Waals surface area contributed by atoms with Crippen molar-refractivity contribution in [2.45, 2.75) is 13.5 Å². The predicted octanol–water partition coefficient (Wildman–Crippen LogP) is 3.14. The number of oxazole rings is 1. The van der Waals surface area contributed by atoms with Crippen molar-refractivity contribution in [3.8, 4) is 5.75 Å². The number of hydrogen-bond donors (Lipinski definition) is 2. The molecule has 0 bridgehead atoms. The molecule has 5 nitrogen and oxygen atoms in total. The molecule has 3 aromatic rings. The van der Waals surface area contributed by atoms with Crippen LogP contribution in [-0.4, -0.2) is 16.6 Å². The molecule has 5 heteroatoms. The molecule has 3 N–H and O–H groups in total. The largest absolute Gasteiger partial charge is 0.508 e. The van der Waals surface area contributed by atoms with E-state index in [1.165, 1.54) is 0 Å². The van der Waals surface area contributed by atoms with E-state index in [-0.39, 0.29) is 5.75 Å². The monoisotopic (exact) mass is 283 g/mol. The van der Waals surface area contributed by atoms with Crippen LogP contribution in [0.4, 0.5) is 11.4 Å². The second-order valence-corrected chi connectivity index (χ2v) is 4.87. The Hall–Kier alpha value is -2.69. The Kier molecular flexibility index (Phi) is 3.39. The van der Waals surface area contributed by atoms with Gasteiger partial charge in [-0.15, -0.1) is 0 Å². The van der Waals surface area contributed by atoms with Crippen LogP contribution in [0.5, 0.6) is 5.75 Å². The summed E-state index contributed by atoms with van der Waals surface area (Å²) in [4.78, 5) is 6.54. The van der Waals surface area contributed by atoms with Crippen molar-refractivity contribution in [3.05, 3.63) is 48.4 Å². The second kappa shape index (κ2) is 5.36. The van der Waals surface area contributed by atoms with Gasteiger partial charge in [0, 0.05) is 30.1 Å². The Morgan fingerprint density at radius 2 is 2.10 bits per heavy atom. The van der Waals surface area contributed by atoms with E-state index in [4.69, 9.17) is 10.2 Å². The van der Waals surface area contributed by atoms with E-state index in [0.29, 0.717) is 23.7 Å². The van der Waals surface area contributed by atoms with E-state index >= 15 is 0 Å². The number of rotatable bonds is 4. The average Bonchev–Trinajstić information content (AvgIpc) is 2.86. The molecule has 0 aliphatic heterocycles. The van der Waals surface area contributed by atoms with Gasteiger partial charge in [0.05, 0.1) is 6.54 Å². The summed E-state index contributed by atoms with van der Waals surface area (Å²) in [5.74, 6) is 0.872. The van der Waals surface area contributed by atoms with Crippen molar-refractivity contribution >= 4 is 22.5 Å². The van der Waals surface area contributed by atoms with Gasteiger partial charge in [-0.25, -0.2) is 4.98 Å². The lowest BCUT2D eigenvalue weighted by Crippen LogP contribution is -2.21. The van der Waals surface area contributed by atoms with Crippen molar-refractivity contribution in [1.29, 1.82) is 0 Å². The Morgan fingerprint density at radius 1 is 1.24 bits per heavy atom. The van der Waals surface area contributed by atoms with E-state index in [9.17, 15) is 5.11 Å². The predicted molar refractivity (Wildman–Crippen MR) is 83.3 cm³/mol. The minimum Gasteiger partial charge on any atom is -0.508 e. The summed E-state index contributed by atoms with van der Waals surface area (Å²) in [5.41, 5.74) is 8.82. The number of nitrogen functional groups attached to an aromatic ring is 1. The first-order valence-corrected chi connectivity index (χ1v) is 6.84. The first kappa shape index (κ1) is 13.3. The zero-order chi connectivity index (χ0) is 14.8. The van der Waals surface area contributed by atoms with Gasteiger partial charge < -0.3 is 20.2 Å². The Morgan fingerprint density at radius 3 is 2.86 bits per heavy atom. The molecule has 1 aromatic heterocycles. The number of aromatic nitrogens is 1. The highest BCUT2D eigenvalue weighted by Crippen LogP contribution is 2.23. The molecule has 21 heavy (non-hydrogen) atoms. The molecule has 0 amide bonds. The molecule has 0 fully saturated rings. The van der Waals surface area contributed by atoms with Gasteiger partial charge in [0.25, 0.3) is 0 Å². The molecule has 0 saturated carbocycles. The van der Waals surface area contributed by atoms with E-state index in [2.05, 4.69) is 9.88 Å². The van der Waals surface area contributed by atoms with Gasteiger partial charge in [-0.1, -0.05) is 6.07 Å². The summed E-state index contributed by atoms with van der Waals surface area (Å²) >= 11 is 0. The third-order valence-corrected chi connectivity index (χ3v) is 3.36. The van der Waals surface area contributed by atoms with Crippen LogP contribution in [0.3, 0.4) is 0 Å². The summed E-state index contributed by atoms with van der Waals surface area (Å²) in [6.45, 7) is 3.36. The number of fused-ring (bicyclic) bond motifs is 1. The number of nitrogens with two attached hydrogens (primary N) is 1. The number of phenolic OH excluding ortho intramolecular Hbond substituents is 1. The maximum atomic E-state index is 9.59. The molecule has 108 valence electrons. The van der Waals surface area contributed by atoms with Crippen molar-refractivity contribution < 1.29 is 9.52 Å². The van der Waals surface area contributed by atoms with Gasteiger partial charge in [-0.3, -0.25) is 0 Å². The minimum absolute atomic E-state index is 0.247. The zero-order valence-electron chi connectivity index (χ0n) is 11.8. The lowest BCUT2D eigenvalue weighted by molar-refractivity contribution is 0.474. The van der Waals surface area contributed by atoms with E-state index < -0.39 is 0 Å². The van der Waals surface area contributed by atoms with Crippen molar-refractivity contribution in [2.75, 3.05) is 17.2 Å². The number of benzene rings is 2. The maximum Gasteiger partial charge on any atom is 0.215 e. The number of hydrogen-bond acceptors (Lipinski definition) is 5. The number of nitrogens with zero attached hydrogens (tertiary/aromatic N) is 2. The van der Waals surface area contributed by atoms with Crippen molar-refractivity contribution in [2.24, 2.45) is 0 Å². The quantitative estimate of drug-likeness (QED) is 0.719. The van der Waals surface area contributed by atoms with Crippen molar-refractivity contribution in [3.63, 3.8) is 0 Å². The molecule has 0 spiro atoms. The van der Waals surface area contributed by atoms with Crippen molar-refractivity contribution in [1.82, 2.24) is 4.98 Å². The summed E-state index contributed by atoms with van der Waals surface area (Å²) in [5, 5.41) is 9.59. The fourth-order valence-electron chi connectivity index (χ4n) is 2.30. The number of phenols is 1. The summed E-state index contributed by atoms with van der Waals surface area (Å²) in [6.07, 6.45) is 0. The van der Waals surface area contributed by atoms with Gasteiger partial charge in [0.1, 0.15) is 11.3 Å². The van der Waals surface area contributed by atoms with E-state index in [0.717, 1.165) is 17.7 Å². The van der Waals surface area contributed by atoms with Crippen LogP contribution in [0.25, 0.3) is 11.1 Å². The van der Waals surface area contributed by atoms with Crippen LogP contribution in [0.1, 0.15) is 12.8 Å². The molecule has 2 aromatic carbocycles. The topological polar surface area (TPSA) is 75.5 Å². The Labute approximate surface area is 122 Å². The first-order valence-electron chi connectivity index (χ1n) is 6.84. The third-order valence-electron chi connectivity index (χ3n) is 3.36. The van der Waals surface area contributed by atoms with E-state index in [1.807, 2.05) is 31.2 Å². The van der Waals surface area contributed by atoms with Crippen LogP contribution in [0, 0.1) is 0 Å². The Balaban J connectivity index is 1.88. The maximum absolute atomic E-state index is 9.59. The van der Waals surface area contributed by atoms with Crippen LogP contribution >= 0.6 is 0 Å². The summed E-state index contributed by atoms with van der Waals surface area (Å²) in [7, 11) is 0. The molecule has 0 unspecified atom stereocenters. The minimum atomic E-state index is 0.247. The van der Waals surface area contributed by atoms with E-state index in [1.54, 1.807) is 18.2 Å². The fraction of sp³-hybridized carbons (Fsp3) is 0.188. The molecule has 1 heterocycles. The molecule has 0 radical (unpaired) electrons. The highest BCUT2D eigenvalue weighted by molar-refractivity contribution is 5.76. The third kappa shape index (κ3) is 2.76. The molecule has 0 atom stereocenters. The molecule has 0 aliphatic rings. The van der Waals surface area contributed by atoms with Gasteiger partial charge >= 0.3 is 0 Å². The lowest BCUT2D eigenvalue weighted by Gasteiger charge is -2.21. The highest BCUT2D eigenvalue weighted by atomic mass is 16.3. The summed E-state index contributed by atoms with van der Waals surface area (Å²) in [6, 6.07) is 12.6. The molecule has 3 rings (SSSR count). The molecular weight excluding hydrogens is 266 g/mol. The standard InChI is InChI=1S/C16H17N3O2/c1-2-19(12-4-3-5-13(20)9-12)10-16-18-14-7-6-11(17)8-15(14)21-16/h3-9,20H,2,10,17H2,1H3. The molecule has 0 saturated heterocycles. The smallest absolute Gasteiger partial charge is 0.215 e. The normalized spacial score (nSPS) is 10.9. The van der Waals surface area contributed by atoms with Crippen LogP contribution in [0.15, 0.2) is 46.9 Å². The summed E-state index contributed by atoms with van der Waals surface area (Å²) < 4.78 is 5.74.